The Morgan fingerprint density at radius 1 is 1.19 bits per heavy atom. The van der Waals surface area contributed by atoms with Crippen molar-refractivity contribution >= 4 is 15.7 Å². The molecule has 0 spiro atoms. The minimum Gasteiger partial charge on any atom is -0.393 e. The van der Waals surface area contributed by atoms with Crippen molar-refractivity contribution in [1.29, 1.82) is 0 Å². The number of hydrogen-bond donors (Lipinski definition) is 3. The summed E-state index contributed by atoms with van der Waals surface area (Å²) in [6, 6.07) is 5.35. The van der Waals surface area contributed by atoms with Gasteiger partial charge in [0, 0.05) is 18.3 Å². The van der Waals surface area contributed by atoms with Crippen molar-refractivity contribution in [2.45, 2.75) is 55.6 Å². The molecule has 1 fully saturated rings. The quantitative estimate of drug-likeness (QED) is 0.793. The second-order valence-corrected chi connectivity index (χ2v) is 7.62. The highest BCUT2D eigenvalue weighted by molar-refractivity contribution is 7.89. The Hall–Kier alpha value is -1.11. The third-order valence-electron chi connectivity index (χ3n) is 4.36. The molecule has 0 atom stereocenters. The van der Waals surface area contributed by atoms with E-state index in [1.165, 1.54) is 0 Å². The molecule has 1 aromatic carbocycles. The van der Waals surface area contributed by atoms with Gasteiger partial charge >= 0.3 is 0 Å². The maximum atomic E-state index is 12.7. The number of rotatable bonds is 3. The first-order valence-electron chi connectivity index (χ1n) is 7.62. The smallest absolute Gasteiger partial charge is 0.241 e. The molecule has 0 saturated heterocycles. The predicted octanol–water partition coefficient (Wildman–Crippen LogP) is 1.63. The molecule has 1 aliphatic heterocycles. The lowest BCUT2D eigenvalue weighted by molar-refractivity contribution is 0.120. The van der Waals surface area contributed by atoms with Gasteiger partial charge in [-0.05, 0) is 56.2 Å². The lowest BCUT2D eigenvalue weighted by Crippen LogP contribution is -2.39. The molecule has 0 bridgehead atoms. The van der Waals surface area contributed by atoms with Gasteiger partial charge < -0.3 is 10.4 Å². The molecule has 2 aliphatic rings. The van der Waals surface area contributed by atoms with E-state index in [0.29, 0.717) is 30.6 Å². The van der Waals surface area contributed by atoms with Crippen LogP contribution < -0.4 is 10.0 Å². The van der Waals surface area contributed by atoms with Crippen LogP contribution in [0.3, 0.4) is 0 Å². The highest BCUT2D eigenvalue weighted by atomic mass is 32.2. The van der Waals surface area contributed by atoms with Gasteiger partial charge in [-0.3, -0.25) is 0 Å². The summed E-state index contributed by atoms with van der Waals surface area (Å²) in [4.78, 5) is 0.401. The van der Waals surface area contributed by atoms with Gasteiger partial charge in [-0.25, -0.2) is 13.1 Å². The maximum Gasteiger partial charge on any atom is 0.241 e. The minimum atomic E-state index is -3.49. The Morgan fingerprint density at radius 2 is 1.95 bits per heavy atom. The Balaban J connectivity index is 1.82. The van der Waals surface area contributed by atoms with Gasteiger partial charge in [0.2, 0.25) is 10.0 Å². The van der Waals surface area contributed by atoms with Crippen LogP contribution in [-0.2, 0) is 16.4 Å². The third kappa shape index (κ3) is 3.22. The van der Waals surface area contributed by atoms with Gasteiger partial charge in [-0.1, -0.05) is 6.07 Å². The maximum absolute atomic E-state index is 12.7. The van der Waals surface area contributed by atoms with Gasteiger partial charge in [0.1, 0.15) is 0 Å². The van der Waals surface area contributed by atoms with Crippen LogP contribution in [0.2, 0.25) is 0 Å². The van der Waals surface area contributed by atoms with Crippen LogP contribution in [0, 0.1) is 0 Å². The molecule has 21 heavy (non-hydrogen) atoms. The van der Waals surface area contributed by atoms with Crippen LogP contribution in [0.15, 0.2) is 23.1 Å². The van der Waals surface area contributed by atoms with E-state index in [1.54, 1.807) is 12.1 Å². The summed E-state index contributed by atoms with van der Waals surface area (Å²) in [6.07, 6.45) is 4.21. The van der Waals surface area contributed by atoms with Crippen molar-refractivity contribution in [2.75, 3.05) is 11.9 Å². The number of nitrogens with one attached hydrogen (secondary N) is 2. The second kappa shape index (κ2) is 5.94. The monoisotopic (exact) mass is 310 g/mol. The van der Waals surface area contributed by atoms with Crippen LogP contribution >= 0.6 is 0 Å². The van der Waals surface area contributed by atoms with Gasteiger partial charge in [0.05, 0.1) is 11.0 Å². The first-order valence-corrected chi connectivity index (χ1v) is 9.11. The SMILES string of the molecule is O=S(=O)(NC1CCC(O)CC1)c1cccc2c1CCCN2. The fourth-order valence-electron chi connectivity index (χ4n) is 3.21. The number of aliphatic hydroxyl groups excluding tert-OH is 1. The standard InChI is InChI=1S/C15H22N2O3S/c18-12-8-6-11(7-9-12)17-21(19,20)15-5-1-4-14-13(15)3-2-10-16-14/h1,4-5,11-12,16-18H,2-3,6-10H2. The lowest BCUT2D eigenvalue weighted by Gasteiger charge is -2.27. The number of aliphatic hydroxyl groups is 1. The van der Waals surface area contributed by atoms with E-state index < -0.39 is 10.0 Å². The summed E-state index contributed by atoms with van der Waals surface area (Å²) in [7, 11) is -3.49. The van der Waals surface area contributed by atoms with Gasteiger partial charge in [-0.2, -0.15) is 0 Å². The summed E-state index contributed by atoms with van der Waals surface area (Å²) >= 11 is 0. The van der Waals surface area contributed by atoms with E-state index in [2.05, 4.69) is 10.0 Å². The number of fused-ring (bicyclic) bond motifs is 1. The molecule has 5 nitrogen and oxygen atoms in total. The van der Waals surface area contributed by atoms with E-state index in [1.807, 2.05) is 6.07 Å². The first kappa shape index (κ1) is 14.8. The Labute approximate surface area is 125 Å². The molecule has 0 radical (unpaired) electrons. The molecule has 1 heterocycles. The molecular formula is C15H22N2O3S. The van der Waals surface area contributed by atoms with Crippen molar-refractivity contribution in [1.82, 2.24) is 4.72 Å². The summed E-state index contributed by atoms with van der Waals surface area (Å²) in [5.74, 6) is 0. The average Bonchev–Trinajstić information content (AvgIpc) is 2.49. The van der Waals surface area contributed by atoms with Crippen LogP contribution in [0.4, 0.5) is 5.69 Å². The molecule has 1 aromatic rings. The molecule has 3 N–H and O–H groups in total. The fraction of sp³-hybridized carbons (Fsp3) is 0.600. The molecule has 1 saturated carbocycles. The summed E-state index contributed by atoms with van der Waals surface area (Å²) < 4.78 is 28.1. The zero-order chi connectivity index (χ0) is 14.9. The summed E-state index contributed by atoms with van der Waals surface area (Å²) in [6.45, 7) is 0.893. The fourth-order valence-corrected chi connectivity index (χ4v) is 4.80. The molecule has 116 valence electrons. The number of benzene rings is 1. The minimum absolute atomic E-state index is 0.0641. The van der Waals surface area contributed by atoms with Crippen molar-refractivity contribution in [3.8, 4) is 0 Å². The Bertz CT molecular complexity index is 607. The van der Waals surface area contributed by atoms with Crippen molar-refractivity contribution in [2.24, 2.45) is 0 Å². The van der Waals surface area contributed by atoms with E-state index in [0.717, 1.165) is 30.6 Å². The largest absolute Gasteiger partial charge is 0.393 e. The summed E-state index contributed by atoms with van der Waals surface area (Å²) in [5, 5.41) is 12.8. The molecule has 0 amide bonds. The predicted molar refractivity (Wildman–Crippen MR) is 81.8 cm³/mol. The Kier molecular flexibility index (Phi) is 4.19. The Morgan fingerprint density at radius 3 is 2.71 bits per heavy atom. The zero-order valence-electron chi connectivity index (χ0n) is 12.0. The van der Waals surface area contributed by atoms with Gasteiger partial charge in [-0.15, -0.1) is 0 Å². The van der Waals surface area contributed by atoms with Crippen LogP contribution in [0.25, 0.3) is 0 Å². The zero-order valence-corrected chi connectivity index (χ0v) is 12.8. The third-order valence-corrected chi connectivity index (χ3v) is 5.97. The first-order chi connectivity index (χ1) is 10.1. The molecule has 1 aliphatic carbocycles. The van der Waals surface area contributed by atoms with Crippen LogP contribution in [0.1, 0.15) is 37.7 Å². The van der Waals surface area contributed by atoms with Crippen molar-refractivity contribution < 1.29 is 13.5 Å². The van der Waals surface area contributed by atoms with E-state index >= 15 is 0 Å². The average molecular weight is 310 g/mol. The number of sulfonamides is 1. The number of anilines is 1. The highest BCUT2D eigenvalue weighted by Gasteiger charge is 2.27. The number of hydrogen-bond acceptors (Lipinski definition) is 4. The van der Waals surface area contributed by atoms with Crippen molar-refractivity contribution in [3.05, 3.63) is 23.8 Å². The van der Waals surface area contributed by atoms with Gasteiger partial charge in [0.15, 0.2) is 0 Å². The second-order valence-electron chi connectivity index (χ2n) is 5.94. The molecule has 0 unspecified atom stereocenters. The van der Waals surface area contributed by atoms with Crippen LogP contribution in [0.5, 0.6) is 0 Å². The van der Waals surface area contributed by atoms with Gasteiger partial charge in [0.25, 0.3) is 0 Å². The topological polar surface area (TPSA) is 78.4 Å². The van der Waals surface area contributed by atoms with E-state index in [4.69, 9.17) is 0 Å². The molecule has 0 aromatic heterocycles. The normalized spacial score (nSPS) is 26.0. The van der Waals surface area contributed by atoms with Crippen LogP contribution in [-0.4, -0.2) is 32.2 Å². The molecular weight excluding hydrogens is 288 g/mol. The molecule has 6 heteroatoms. The molecule has 3 rings (SSSR count). The lowest BCUT2D eigenvalue weighted by atomic mass is 9.94. The van der Waals surface area contributed by atoms with E-state index in [-0.39, 0.29) is 12.1 Å². The van der Waals surface area contributed by atoms with E-state index in [9.17, 15) is 13.5 Å². The van der Waals surface area contributed by atoms with Crippen molar-refractivity contribution in [3.63, 3.8) is 0 Å². The summed E-state index contributed by atoms with van der Waals surface area (Å²) in [5.41, 5.74) is 1.83. The highest BCUT2D eigenvalue weighted by Crippen LogP contribution is 2.29.